The van der Waals surface area contributed by atoms with Crippen molar-refractivity contribution in [1.82, 2.24) is 9.61 Å². The van der Waals surface area contributed by atoms with Gasteiger partial charge < -0.3 is 9.31 Å². The van der Waals surface area contributed by atoms with Crippen molar-refractivity contribution in [3.05, 3.63) is 29.6 Å². The van der Waals surface area contributed by atoms with Gasteiger partial charge in [0.15, 0.2) is 0 Å². The van der Waals surface area contributed by atoms with Crippen molar-refractivity contribution < 1.29 is 9.31 Å². The molecule has 5 heteroatoms. The summed E-state index contributed by atoms with van der Waals surface area (Å²) in [5, 5.41) is 4.48. The van der Waals surface area contributed by atoms with Gasteiger partial charge in [0.1, 0.15) is 0 Å². The fourth-order valence-electron chi connectivity index (χ4n) is 2.45. The van der Waals surface area contributed by atoms with Gasteiger partial charge >= 0.3 is 7.12 Å². The van der Waals surface area contributed by atoms with E-state index in [9.17, 15) is 0 Å². The third-order valence-electron chi connectivity index (χ3n) is 4.72. The molecule has 0 atom stereocenters. The Morgan fingerprint density at radius 2 is 1.65 bits per heavy atom. The summed E-state index contributed by atoms with van der Waals surface area (Å²) in [6, 6.07) is 4.19. The molecule has 1 saturated heterocycles. The van der Waals surface area contributed by atoms with Crippen molar-refractivity contribution in [3.8, 4) is 0 Å². The maximum Gasteiger partial charge on any atom is 0.498 e. The zero-order chi connectivity index (χ0) is 14.7. The van der Waals surface area contributed by atoms with Crippen molar-refractivity contribution in [3.63, 3.8) is 0 Å². The monoisotopic (exact) mass is 272 g/mol. The first-order valence-corrected chi connectivity index (χ1v) is 7.02. The Morgan fingerprint density at radius 3 is 2.25 bits per heavy atom. The van der Waals surface area contributed by atoms with Gasteiger partial charge in [0.05, 0.1) is 16.7 Å². The Labute approximate surface area is 120 Å². The highest BCUT2D eigenvalue weighted by atomic mass is 16.7. The topological polar surface area (TPSA) is 35.8 Å². The quantitative estimate of drug-likeness (QED) is 0.747. The molecule has 20 heavy (non-hydrogen) atoms. The summed E-state index contributed by atoms with van der Waals surface area (Å²) < 4.78 is 14.2. The minimum atomic E-state index is -0.361. The number of aryl methyl sites for hydroxylation is 2. The van der Waals surface area contributed by atoms with Crippen LogP contribution in [0.5, 0.6) is 0 Å². The van der Waals surface area contributed by atoms with Crippen LogP contribution in [0, 0.1) is 13.8 Å². The molecule has 0 aromatic carbocycles. The van der Waals surface area contributed by atoms with Crippen LogP contribution in [-0.4, -0.2) is 27.9 Å². The van der Waals surface area contributed by atoms with E-state index in [0.29, 0.717) is 0 Å². The van der Waals surface area contributed by atoms with E-state index in [1.807, 2.05) is 10.7 Å². The summed E-state index contributed by atoms with van der Waals surface area (Å²) in [6.45, 7) is 12.4. The van der Waals surface area contributed by atoms with Crippen LogP contribution in [0.2, 0.25) is 0 Å². The minimum Gasteiger partial charge on any atom is -0.399 e. The van der Waals surface area contributed by atoms with Crippen LogP contribution in [-0.2, 0) is 9.31 Å². The Morgan fingerprint density at radius 1 is 1.05 bits per heavy atom. The average molecular weight is 272 g/mol. The third-order valence-corrected chi connectivity index (χ3v) is 4.72. The predicted octanol–water partition coefficient (Wildman–Crippen LogP) is 2.25. The van der Waals surface area contributed by atoms with Gasteiger partial charge in [-0.1, -0.05) is 6.07 Å². The number of aromatic nitrogens is 2. The van der Waals surface area contributed by atoms with Crippen LogP contribution < -0.4 is 5.46 Å². The number of pyridine rings is 1. The van der Waals surface area contributed by atoms with Crippen molar-refractivity contribution in [2.24, 2.45) is 0 Å². The molecule has 0 bridgehead atoms. The summed E-state index contributed by atoms with van der Waals surface area (Å²) in [4.78, 5) is 0. The van der Waals surface area contributed by atoms with Crippen LogP contribution in [0.1, 0.15) is 39.0 Å². The molecule has 0 aliphatic carbocycles. The van der Waals surface area contributed by atoms with Crippen molar-refractivity contribution in [2.45, 2.75) is 52.7 Å². The Hall–Kier alpha value is -1.33. The van der Waals surface area contributed by atoms with E-state index in [0.717, 1.165) is 16.7 Å². The lowest BCUT2D eigenvalue weighted by atomic mass is 9.80. The lowest BCUT2D eigenvalue weighted by molar-refractivity contribution is 0.00578. The van der Waals surface area contributed by atoms with E-state index in [-0.39, 0.29) is 18.3 Å². The van der Waals surface area contributed by atoms with E-state index in [4.69, 9.17) is 9.31 Å². The van der Waals surface area contributed by atoms with Gasteiger partial charge in [-0.3, -0.25) is 0 Å². The van der Waals surface area contributed by atoms with Crippen LogP contribution >= 0.6 is 0 Å². The molecule has 1 aliphatic heterocycles. The van der Waals surface area contributed by atoms with Gasteiger partial charge in [0.2, 0.25) is 0 Å². The molecule has 0 spiro atoms. The van der Waals surface area contributed by atoms with E-state index in [1.54, 1.807) is 0 Å². The summed E-state index contributed by atoms with van der Waals surface area (Å²) in [6.07, 6.45) is 1.85. The van der Waals surface area contributed by atoms with E-state index in [2.05, 4.69) is 58.8 Å². The lowest BCUT2D eigenvalue weighted by Gasteiger charge is -2.32. The zero-order valence-electron chi connectivity index (χ0n) is 13.0. The van der Waals surface area contributed by atoms with Gasteiger partial charge in [0, 0.05) is 17.4 Å². The highest BCUT2D eigenvalue weighted by Gasteiger charge is 2.52. The zero-order valence-corrected chi connectivity index (χ0v) is 13.0. The highest BCUT2D eigenvalue weighted by Crippen LogP contribution is 2.36. The molecule has 4 nitrogen and oxygen atoms in total. The van der Waals surface area contributed by atoms with Gasteiger partial charge in [-0.25, -0.2) is 4.52 Å². The molecule has 3 rings (SSSR count). The molecule has 106 valence electrons. The number of rotatable bonds is 1. The van der Waals surface area contributed by atoms with Gasteiger partial charge in [-0.2, -0.15) is 5.10 Å². The Kier molecular flexibility index (Phi) is 2.79. The summed E-state index contributed by atoms with van der Waals surface area (Å²) in [5.41, 5.74) is 3.75. The Bertz CT molecular complexity index is 660. The van der Waals surface area contributed by atoms with Crippen LogP contribution in [0.25, 0.3) is 5.52 Å². The van der Waals surface area contributed by atoms with Gasteiger partial charge in [-0.15, -0.1) is 0 Å². The second-order valence-electron chi connectivity index (χ2n) is 6.59. The maximum absolute atomic E-state index is 6.11. The smallest absolute Gasteiger partial charge is 0.399 e. The Balaban J connectivity index is 2.07. The minimum absolute atomic E-state index is 0.328. The fourth-order valence-corrected chi connectivity index (χ4v) is 2.45. The van der Waals surface area contributed by atoms with Crippen molar-refractivity contribution in [1.29, 1.82) is 0 Å². The fraction of sp³-hybridized carbons (Fsp3) is 0.533. The SMILES string of the molecule is Cc1ccc2c(B3OC(C)(C)C(C)(C)O3)cnn2c1C. The molecule has 2 aromatic heterocycles. The molecule has 0 radical (unpaired) electrons. The van der Waals surface area contributed by atoms with Crippen LogP contribution in [0.4, 0.5) is 0 Å². The van der Waals surface area contributed by atoms with Gasteiger partial charge in [-0.05, 0) is 53.2 Å². The first-order valence-electron chi connectivity index (χ1n) is 7.02. The molecule has 0 saturated carbocycles. The first-order chi connectivity index (χ1) is 9.23. The highest BCUT2D eigenvalue weighted by molar-refractivity contribution is 6.64. The summed E-state index contributed by atoms with van der Waals surface area (Å²) in [5.74, 6) is 0. The molecule has 1 fully saturated rings. The number of nitrogens with zero attached hydrogens (tertiary/aromatic N) is 2. The molecule has 1 aliphatic rings. The van der Waals surface area contributed by atoms with E-state index >= 15 is 0 Å². The second-order valence-corrected chi connectivity index (χ2v) is 6.59. The normalized spacial score (nSPS) is 20.8. The standard InChI is InChI=1S/C15H21BN2O2/c1-10-7-8-13-12(9-17-18(13)11(10)2)16-19-14(3,4)15(5,6)20-16/h7-9H,1-6H3. The third kappa shape index (κ3) is 1.80. The molecule has 0 amide bonds. The number of hydrogen-bond acceptors (Lipinski definition) is 3. The molecule has 0 N–H and O–H groups in total. The summed E-state index contributed by atoms with van der Waals surface area (Å²) in [7, 11) is -0.361. The largest absolute Gasteiger partial charge is 0.498 e. The number of fused-ring (bicyclic) bond motifs is 1. The van der Waals surface area contributed by atoms with E-state index in [1.165, 1.54) is 5.56 Å². The molecular weight excluding hydrogens is 251 g/mol. The first kappa shape index (κ1) is 13.6. The molecule has 3 heterocycles. The maximum atomic E-state index is 6.11. The van der Waals surface area contributed by atoms with Gasteiger partial charge in [0.25, 0.3) is 0 Å². The predicted molar refractivity (Wildman–Crippen MR) is 80.4 cm³/mol. The van der Waals surface area contributed by atoms with Crippen molar-refractivity contribution in [2.75, 3.05) is 0 Å². The average Bonchev–Trinajstić information content (AvgIpc) is 2.84. The summed E-state index contributed by atoms with van der Waals surface area (Å²) >= 11 is 0. The molecule has 0 unspecified atom stereocenters. The van der Waals surface area contributed by atoms with Crippen molar-refractivity contribution >= 4 is 18.1 Å². The number of hydrogen-bond donors (Lipinski definition) is 0. The van der Waals surface area contributed by atoms with Crippen LogP contribution in [0.15, 0.2) is 18.3 Å². The second kappa shape index (κ2) is 4.09. The molecule has 2 aromatic rings. The van der Waals surface area contributed by atoms with Crippen LogP contribution in [0.3, 0.4) is 0 Å². The lowest BCUT2D eigenvalue weighted by Crippen LogP contribution is -2.41. The van der Waals surface area contributed by atoms with E-state index < -0.39 is 0 Å². The molecular formula is C15H21BN2O2.